The van der Waals surface area contributed by atoms with E-state index in [4.69, 9.17) is 0 Å². The van der Waals surface area contributed by atoms with Gasteiger partial charge in [0, 0.05) is 44.3 Å². The SMILES string of the molecule is Cc1cc(C)nc(N(C)C2CCCN(C(=O)c3cccc(F)c3-c3ncccn3)C2)c1. The number of benzene rings is 1. The minimum absolute atomic E-state index is 0.136. The number of carbonyl (C=O) groups is 1. The molecule has 0 spiro atoms. The predicted octanol–water partition coefficient (Wildman–Crippen LogP) is 4.04. The quantitative estimate of drug-likeness (QED) is 0.639. The summed E-state index contributed by atoms with van der Waals surface area (Å²) in [6.07, 6.45) is 4.93. The number of likely N-dealkylation sites (tertiary alicyclic amines) is 1. The number of pyridine rings is 1. The zero-order valence-electron chi connectivity index (χ0n) is 18.0. The van der Waals surface area contributed by atoms with Crippen molar-refractivity contribution in [2.75, 3.05) is 25.0 Å². The molecule has 31 heavy (non-hydrogen) atoms. The Labute approximate surface area is 181 Å². The molecule has 3 heterocycles. The van der Waals surface area contributed by atoms with Crippen molar-refractivity contribution in [3.05, 3.63) is 71.4 Å². The summed E-state index contributed by atoms with van der Waals surface area (Å²) in [5.41, 5.74) is 2.57. The van der Waals surface area contributed by atoms with E-state index in [0.29, 0.717) is 18.7 Å². The van der Waals surface area contributed by atoms with Gasteiger partial charge in [-0.3, -0.25) is 4.79 Å². The molecule has 0 radical (unpaired) electrons. The molecule has 0 aliphatic carbocycles. The molecule has 1 aromatic carbocycles. The van der Waals surface area contributed by atoms with Gasteiger partial charge in [-0.1, -0.05) is 6.07 Å². The monoisotopic (exact) mass is 419 g/mol. The molecule has 0 bridgehead atoms. The van der Waals surface area contributed by atoms with E-state index < -0.39 is 5.82 Å². The van der Waals surface area contributed by atoms with Gasteiger partial charge < -0.3 is 9.80 Å². The second kappa shape index (κ2) is 8.79. The summed E-state index contributed by atoms with van der Waals surface area (Å²) in [5.74, 6) is 0.422. The maximum Gasteiger partial charge on any atom is 0.254 e. The molecular formula is C24H26FN5O. The third kappa shape index (κ3) is 4.40. The van der Waals surface area contributed by atoms with Crippen molar-refractivity contribution in [3.8, 4) is 11.4 Å². The number of anilines is 1. The van der Waals surface area contributed by atoms with Gasteiger partial charge in [-0.2, -0.15) is 0 Å². The first kappa shape index (κ1) is 20.9. The Kier molecular flexibility index (Phi) is 5.93. The standard InChI is InChI=1S/C24H26FN5O/c1-16-13-17(2)28-21(14-16)29(3)18-7-5-12-30(15-18)24(31)19-8-4-9-20(25)22(19)23-26-10-6-11-27-23/h4,6,8-11,13-14,18H,5,7,12,15H2,1-3H3. The lowest BCUT2D eigenvalue weighted by Crippen LogP contribution is -2.49. The second-order valence-corrected chi connectivity index (χ2v) is 8.04. The van der Waals surface area contributed by atoms with Gasteiger partial charge in [-0.05, 0) is 62.6 Å². The Bertz CT molecular complexity index is 1070. The van der Waals surface area contributed by atoms with Crippen LogP contribution in [0.1, 0.15) is 34.5 Å². The van der Waals surface area contributed by atoms with E-state index in [-0.39, 0.29) is 23.3 Å². The van der Waals surface area contributed by atoms with Gasteiger partial charge in [0.15, 0.2) is 5.82 Å². The molecule has 1 amide bonds. The maximum absolute atomic E-state index is 14.7. The number of rotatable bonds is 4. The molecule has 0 saturated carbocycles. The van der Waals surface area contributed by atoms with E-state index in [0.717, 1.165) is 29.9 Å². The van der Waals surface area contributed by atoms with Crippen LogP contribution in [0, 0.1) is 19.7 Å². The van der Waals surface area contributed by atoms with Crippen LogP contribution in [0.3, 0.4) is 0 Å². The highest BCUT2D eigenvalue weighted by atomic mass is 19.1. The molecule has 3 aromatic rings. The molecule has 1 aliphatic heterocycles. The average molecular weight is 420 g/mol. The largest absolute Gasteiger partial charge is 0.355 e. The van der Waals surface area contributed by atoms with Gasteiger partial charge in [0.05, 0.1) is 11.1 Å². The first-order valence-electron chi connectivity index (χ1n) is 10.5. The van der Waals surface area contributed by atoms with Gasteiger partial charge in [0.1, 0.15) is 11.6 Å². The number of likely N-dealkylation sites (N-methyl/N-ethyl adjacent to an activating group) is 1. The number of aromatic nitrogens is 3. The molecule has 1 saturated heterocycles. The lowest BCUT2D eigenvalue weighted by atomic mass is 10.0. The fourth-order valence-corrected chi connectivity index (χ4v) is 4.17. The number of aryl methyl sites for hydroxylation is 2. The summed E-state index contributed by atoms with van der Waals surface area (Å²) in [6, 6.07) is 10.4. The van der Waals surface area contributed by atoms with E-state index in [1.807, 2.05) is 20.0 Å². The number of hydrogen-bond donors (Lipinski definition) is 0. The molecule has 0 N–H and O–H groups in total. The van der Waals surface area contributed by atoms with Crippen LogP contribution in [0.25, 0.3) is 11.4 Å². The fraction of sp³-hybridized carbons (Fsp3) is 0.333. The molecule has 1 fully saturated rings. The summed E-state index contributed by atoms with van der Waals surface area (Å²) in [4.78, 5) is 30.4. The van der Waals surface area contributed by atoms with Crippen molar-refractivity contribution in [2.45, 2.75) is 32.7 Å². The topological polar surface area (TPSA) is 62.2 Å². The predicted molar refractivity (Wildman–Crippen MR) is 118 cm³/mol. The Balaban J connectivity index is 1.60. The van der Waals surface area contributed by atoms with Crippen LogP contribution in [-0.4, -0.2) is 51.9 Å². The molecule has 1 unspecified atom stereocenters. The average Bonchev–Trinajstić information content (AvgIpc) is 2.78. The van der Waals surface area contributed by atoms with Gasteiger partial charge in [0.2, 0.25) is 0 Å². The van der Waals surface area contributed by atoms with Gasteiger partial charge in [0.25, 0.3) is 5.91 Å². The van der Waals surface area contributed by atoms with E-state index in [1.54, 1.807) is 35.5 Å². The second-order valence-electron chi connectivity index (χ2n) is 8.04. The Morgan fingerprint density at radius 2 is 1.94 bits per heavy atom. The highest BCUT2D eigenvalue weighted by Gasteiger charge is 2.30. The minimum Gasteiger partial charge on any atom is -0.355 e. The maximum atomic E-state index is 14.7. The Morgan fingerprint density at radius 3 is 2.68 bits per heavy atom. The summed E-state index contributed by atoms with van der Waals surface area (Å²) in [6.45, 7) is 5.22. The molecule has 4 rings (SSSR count). The van der Waals surface area contributed by atoms with Crippen molar-refractivity contribution in [1.29, 1.82) is 0 Å². The number of hydrogen-bond acceptors (Lipinski definition) is 5. The van der Waals surface area contributed by atoms with Crippen molar-refractivity contribution in [3.63, 3.8) is 0 Å². The molecule has 2 aromatic heterocycles. The third-order valence-electron chi connectivity index (χ3n) is 5.71. The van der Waals surface area contributed by atoms with Crippen LogP contribution in [0.2, 0.25) is 0 Å². The number of amides is 1. The number of halogens is 1. The zero-order chi connectivity index (χ0) is 22.0. The summed E-state index contributed by atoms with van der Waals surface area (Å²) < 4.78 is 14.7. The van der Waals surface area contributed by atoms with Crippen molar-refractivity contribution in [1.82, 2.24) is 19.9 Å². The number of nitrogens with zero attached hydrogens (tertiary/aromatic N) is 5. The highest BCUT2D eigenvalue weighted by Crippen LogP contribution is 2.27. The molecule has 7 heteroatoms. The molecule has 160 valence electrons. The van der Waals surface area contributed by atoms with Crippen LogP contribution < -0.4 is 4.90 Å². The number of piperidine rings is 1. The van der Waals surface area contributed by atoms with Crippen LogP contribution in [0.5, 0.6) is 0 Å². The fourth-order valence-electron chi connectivity index (χ4n) is 4.17. The minimum atomic E-state index is -0.498. The first-order valence-corrected chi connectivity index (χ1v) is 10.5. The Hall–Kier alpha value is -3.35. The first-order chi connectivity index (χ1) is 14.9. The van der Waals surface area contributed by atoms with E-state index in [9.17, 15) is 9.18 Å². The van der Waals surface area contributed by atoms with Gasteiger partial charge in [-0.25, -0.2) is 19.3 Å². The summed E-state index contributed by atoms with van der Waals surface area (Å²) in [5, 5.41) is 0. The van der Waals surface area contributed by atoms with Crippen LogP contribution in [-0.2, 0) is 0 Å². The normalized spacial score (nSPS) is 16.3. The smallest absolute Gasteiger partial charge is 0.254 e. The molecule has 1 atom stereocenters. The van der Waals surface area contributed by atoms with Crippen molar-refractivity contribution < 1.29 is 9.18 Å². The molecular weight excluding hydrogens is 393 g/mol. The van der Waals surface area contributed by atoms with Crippen molar-refractivity contribution in [2.24, 2.45) is 0 Å². The number of carbonyl (C=O) groups excluding carboxylic acids is 1. The Morgan fingerprint density at radius 1 is 1.16 bits per heavy atom. The molecule has 6 nitrogen and oxygen atoms in total. The van der Waals surface area contributed by atoms with Crippen LogP contribution in [0.15, 0.2) is 48.8 Å². The van der Waals surface area contributed by atoms with Crippen LogP contribution >= 0.6 is 0 Å². The van der Waals surface area contributed by atoms with E-state index in [1.165, 1.54) is 6.07 Å². The highest BCUT2D eigenvalue weighted by molar-refractivity contribution is 6.00. The van der Waals surface area contributed by atoms with Gasteiger partial charge >= 0.3 is 0 Å². The summed E-state index contributed by atoms with van der Waals surface area (Å²) >= 11 is 0. The van der Waals surface area contributed by atoms with Crippen molar-refractivity contribution >= 4 is 11.7 Å². The van der Waals surface area contributed by atoms with E-state index in [2.05, 4.69) is 32.8 Å². The molecule has 1 aliphatic rings. The lowest BCUT2D eigenvalue weighted by molar-refractivity contribution is 0.0707. The summed E-state index contributed by atoms with van der Waals surface area (Å²) in [7, 11) is 2.02. The van der Waals surface area contributed by atoms with Gasteiger partial charge in [-0.15, -0.1) is 0 Å². The lowest BCUT2D eigenvalue weighted by Gasteiger charge is -2.38. The third-order valence-corrected chi connectivity index (χ3v) is 5.71. The van der Waals surface area contributed by atoms with Crippen LogP contribution in [0.4, 0.5) is 10.2 Å². The van der Waals surface area contributed by atoms with E-state index >= 15 is 0 Å². The zero-order valence-corrected chi connectivity index (χ0v) is 18.0.